The van der Waals surface area contributed by atoms with E-state index in [9.17, 15) is 0 Å². The van der Waals surface area contributed by atoms with Crippen LogP contribution in [0, 0.1) is 10.5 Å². The van der Waals surface area contributed by atoms with Crippen LogP contribution in [-0.4, -0.2) is 19.6 Å². The van der Waals surface area contributed by atoms with Gasteiger partial charge in [-0.15, -0.1) is 0 Å². The van der Waals surface area contributed by atoms with Crippen molar-refractivity contribution in [2.45, 2.75) is 26.9 Å². The summed E-state index contributed by atoms with van der Waals surface area (Å²) in [5, 5.41) is 10.2. The fraction of sp³-hybridized carbons (Fsp3) is 0.286. The minimum absolute atomic E-state index is 0.762. The normalized spacial score (nSPS) is 11.3. The first-order chi connectivity index (χ1) is 9.17. The first-order valence-corrected chi connectivity index (χ1v) is 7.39. The van der Waals surface area contributed by atoms with E-state index < -0.39 is 0 Å². The molecule has 0 saturated heterocycles. The van der Waals surface area contributed by atoms with Crippen LogP contribution in [0.25, 0.3) is 10.9 Å². The monoisotopic (exact) mass is 366 g/mol. The molecule has 0 N–H and O–H groups in total. The summed E-state index contributed by atoms with van der Waals surface area (Å²) in [5.41, 5.74) is 3.43. The van der Waals surface area contributed by atoms with Crippen LogP contribution in [0.15, 0.2) is 30.5 Å². The lowest BCUT2D eigenvalue weighted by molar-refractivity contribution is 0.582. The van der Waals surface area contributed by atoms with E-state index in [1.54, 1.807) is 0 Å². The summed E-state index contributed by atoms with van der Waals surface area (Å²) in [6.45, 7) is 5.79. The van der Waals surface area contributed by atoms with Crippen LogP contribution in [0.3, 0.4) is 0 Å². The van der Waals surface area contributed by atoms with Gasteiger partial charge in [-0.05, 0) is 54.6 Å². The standard InChI is InChI=1S/C14H15IN4/c1-3-18-13(6-10(2)17-18)9-19-14-7-12(15)5-4-11(14)8-16-19/h4-8H,3,9H2,1-2H3. The second-order valence-corrected chi connectivity index (χ2v) is 5.84. The van der Waals surface area contributed by atoms with E-state index in [-0.39, 0.29) is 0 Å². The van der Waals surface area contributed by atoms with Crippen molar-refractivity contribution in [3.05, 3.63) is 45.4 Å². The van der Waals surface area contributed by atoms with Gasteiger partial charge in [-0.25, -0.2) is 0 Å². The van der Waals surface area contributed by atoms with Gasteiger partial charge in [0.2, 0.25) is 0 Å². The Balaban J connectivity index is 2.03. The number of fused-ring (bicyclic) bond motifs is 1. The maximum absolute atomic E-state index is 4.49. The Bertz CT molecular complexity index is 726. The van der Waals surface area contributed by atoms with Crippen molar-refractivity contribution in [2.75, 3.05) is 0 Å². The first kappa shape index (κ1) is 12.7. The number of benzene rings is 1. The Kier molecular flexibility index (Phi) is 3.30. The number of hydrogen-bond donors (Lipinski definition) is 0. The molecule has 0 unspecified atom stereocenters. The van der Waals surface area contributed by atoms with Crippen LogP contribution in [-0.2, 0) is 13.1 Å². The highest BCUT2D eigenvalue weighted by Crippen LogP contribution is 2.18. The van der Waals surface area contributed by atoms with Crippen molar-refractivity contribution in [3.8, 4) is 0 Å². The molecule has 2 aromatic heterocycles. The molecule has 0 aliphatic carbocycles. The number of aryl methyl sites for hydroxylation is 2. The molecule has 98 valence electrons. The average Bonchev–Trinajstić information content (AvgIpc) is 2.94. The molecule has 0 bridgehead atoms. The van der Waals surface area contributed by atoms with E-state index in [4.69, 9.17) is 0 Å². The third-order valence-corrected chi connectivity index (χ3v) is 3.87. The molecule has 4 nitrogen and oxygen atoms in total. The summed E-state index contributed by atoms with van der Waals surface area (Å²) in [6, 6.07) is 8.52. The molecule has 0 aliphatic heterocycles. The molecule has 0 fully saturated rings. The number of halogens is 1. The van der Waals surface area contributed by atoms with Crippen molar-refractivity contribution in [3.63, 3.8) is 0 Å². The van der Waals surface area contributed by atoms with Crippen molar-refractivity contribution >= 4 is 33.5 Å². The van der Waals surface area contributed by atoms with Crippen LogP contribution in [0.4, 0.5) is 0 Å². The second kappa shape index (κ2) is 4.96. The summed E-state index contributed by atoms with van der Waals surface area (Å²) in [4.78, 5) is 0. The van der Waals surface area contributed by atoms with Crippen LogP contribution in [0.5, 0.6) is 0 Å². The van der Waals surface area contributed by atoms with Gasteiger partial charge >= 0.3 is 0 Å². The highest BCUT2D eigenvalue weighted by atomic mass is 127. The van der Waals surface area contributed by atoms with Gasteiger partial charge in [-0.1, -0.05) is 6.07 Å². The smallest absolute Gasteiger partial charge is 0.0835 e. The summed E-state index contributed by atoms with van der Waals surface area (Å²) in [7, 11) is 0. The van der Waals surface area contributed by atoms with Gasteiger partial charge in [-0.2, -0.15) is 10.2 Å². The third-order valence-electron chi connectivity index (χ3n) is 3.20. The number of aromatic nitrogens is 4. The zero-order valence-electron chi connectivity index (χ0n) is 11.0. The van der Waals surface area contributed by atoms with E-state index in [1.165, 1.54) is 20.2 Å². The molecular formula is C14H15IN4. The Morgan fingerprint density at radius 2 is 2.05 bits per heavy atom. The van der Waals surface area contributed by atoms with Gasteiger partial charge < -0.3 is 0 Å². The summed E-state index contributed by atoms with van der Waals surface area (Å²) < 4.78 is 5.31. The molecule has 0 aliphatic rings. The molecule has 1 aromatic carbocycles. The van der Waals surface area contributed by atoms with Gasteiger partial charge in [-0.3, -0.25) is 9.36 Å². The molecule has 19 heavy (non-hydrogen) atoms. The van der Waals surface area contributed by atoms with Gasteiger partial charge in [0.1, 0.15) is 0 Å². The zero-order chi connectivity index (χ0) is 13.4. The Hall–Kier alpha value is -1.37. The van der Waals surface area contributed by atoms with E-state index in [1.807, 2.05) is 22.5 Å². The maximum atomic E-state index is 4.49. The average molecular weight is 366 g/mol. The second-order valence-electron chi connectivity index (χ2n) is 4.60. The molecule has 2 heterocycles. The van der Waals surface area contributed by atoms with Gasteiger partial charge in [0.05, 0.1) is 29.6 Å². The van der Waals surface area contributed by atoms with Crippen LogP contribution in [0.1, 0.15) is 18.3 Å². The lowest BCUT2D eigenvalue weighted by Gasteiger charge is -2.06. The summed E-state index contributed by atoms with van der Waals surface area (Å²) in [6.07, 6.45) is 1.92. The third kappa shape index (κ3) is 2.39. The molecule has 0 spiro atoms. The van der Waals surface area contributed by atoms with Gasteiger partial charge in [0.25, 0.3) is 0 Å². The zero-order valence-corrected chi connectivity index (χ0v) is 13.1. The maximum Gasteiger partial charge on any atom is 0.0835 e. The van der Waals surface area contributed by atoms with Gasteiger partial charge in [0, 0.05) is 15.5 Å². The molecule has 0 atom stereocenters. The lowest BCUT2D eigenvalue weighted by Crippen LogP contribution is -2.08. The molecule has 3 aromatic rings. The Labute approximate surface area is 125 Å². The topological polar surface area (TPSA) is 35.6 Å². The van der Waals surface area contributed by atoms with Crippen molar-refractivity contribution in [2.24, 2.45) is 0 Å². The lowest BCUT2D eigenvalue weighted by atomic mass is 10.2. The number of nitrogens with zero attached hydrogens (tertiary/aromatic N) is 4. The number of hydrogen-bond acceptors (Lipinski definition) is 2. The molecule has 0 amide bonds. The largest absolute Gasteiger partial charge is 0.268 e. The van der Waals surface area contributed by atoms with E-state index in [0.29, 0.717) is 0 Å². The highest BCUT2D eigenvalue weighted by Gasteiger charge is 2.08. The molecule has 3 rings (SSSR count). The summed E-state index contributed by atoms with van der Waals surface area (Å²) in [5.74, 6) is 0. The fourth-order valence-corrected chi connectivity index (χ4v) is 2.80. The van der Waals surface area contributed by atoms with Crippen molar-refractivity contribution in [1.82, 2.24) is 19.6 Å². The van der Waals surface area contributed by atoms with E-state index in [2.05, 4.69) is 64.0 Å². The van der Waals surface area contributed by atoms with Crippen LogP contribution in [0.2, 0.25) is 0 Å². The predicted molar refractivity (Wildman–Crippen MR) is 84.2 cm³/mol. The van der Waals surface area contributed by atoms with E-state index >= 15 is 0 Å². The Morgan fingerprint density at radius 3 is 2.84 bits per heavy atom. The fourth-order valence-electron chi connectivity index (χ4n) is 2.32. The SMILES string of the molecule is CCn1nc(C)cc1Cn1ncc2ccc(I)cc21. The molecular weight excluding hydrogens is 351 g/mol. The van der Waals surface area contributed by atoms with Crippen LogP contribution >= 0.6 is 22.6 Å². The quantitative estimate of drug-likeness (QED) is 0.668. The molecule has 0 radical (unpaired) electrons. The molecule has 0 saturated carbocycles. The minimum atomic E-state index is 0.762. The number of rotatable bonds is 3. The Morgan fingerprint density at radius 1 is 1.21 bits per heavy atom. The van der Waals surface area contributed by atoms with Crippen molar-refractivity contribution in [1.29, 1.82) is 0 Å². The summed E-state index contributed by atoms with van der Waals surface area (Å²) >= 11 is 2.33. The predicted octanol–water partition coefficient (Wildman–Crippen LogP) is 3.21. The first-order valence-electron chi connectivity index (χ1n) is 6.32. The van der Waals surface area contributed by atoms with E-state index in [0.717, 1.165) is 18.8 Å². The van der Waals surface area contributed by atoms with Crippen molar-refractivity contribution < 1.29 is 0 Å². The van der Waals surface area contributed by atoms with Crippen LogP contribution < -0.4 is 0 Å². The highest BCUT2D eigenvalue weighted by molar-refractivity contribution is 14.1. The van der Waals surface area contributed by atoms with Gasteiger partial charge in [0.15, 0.2) is 0 Å². The molecule has 5 heteroatoms. The minimum Gasteiger partial charge on any atom is -0.268 e.